The second-order valence-electron chi connectivity index (χ2n) is 7.17. The van der Waals surface area contributed by atoms with Gasteiger partial charge in [0, 0.05) is 12.5 Å². The molecule has 0 spiro atoms. The van der Waals surface area contributed by atoms with E-state index in [-0.39, 0.29) is 18.1 Å². The topological polar surface area (TPSA) is 74.0 Å². The Labute approximate surface area is 120 Å². The lowest BCUT2D eigenvalue weighted by atomic mass is 9.92. The standard InChI is InChI=1S/C14H26N2O4/c1-8-7-16(12(17)20-13(2,3)4)11(15)10-9(8)18-14(5,6)19-10/h8-11H,7,15H2,1-6H3/t8-,9-,10-,11-/m1/s1. The van der Waals surface area contributed by atoms with E-state index >= 15 is 0 Å². The number of ether oxygens (including phenoxy) is 3. The van der Waals surface area contributed by atoms with Gasteiger partial charge in [-0.3, -0.25) is 4.90 Å². The van der Waals surface area contributed by atoms with E-state index in [1.54, 1.807) is 4.90 Å². The number of nitrogens with two attached hydrogens (primary N) is 1. The molecule has 2 aliphatic rings. The molecule has 0 radical (unpaired) electrons. The van der Waals surface area contributed by atoms with Crippen molar-refractivity contribution in [2.24, 2.45) is 11.7 Å². The third kappa shape index (κ3) is 3.07. The Kier molecular flexibility index (Phi) is 3.77. The molecular weight excluding hydrogens is 260 g/mol. The minimum absolute atomic E-state index is 0.0845. The van der Waals surface area contributed by atoms with Crippen molar-refractivity contribution in [2.75, 3.05) is 6.54 Å². The molecule has 2 N–H and O–H groups in total. The highest BCUT2D eigenvalue weighted by molar-refractivity contribution is 5.68. The minimum atomic E-state index is -0.662. The van der Waals surface area contributed by atoms with Crippen LogP contribution in [-0.2, 0) is 14.2 Å². The third-order valence-electron chi connectivity index (χ3n) is 3.53. The van der Waals surface area contributed by atoms with Gasteiger partial charge in [-0.2, -0.15) is 0 Å². The average Bonchev–Trinajstić information content (AvgIpc) is 2.57. The van der Waals surface area contributed by atoms with Gasteiger partial charge in [-0.25, -0.2) is 4.79 Å². The normalized spacial score (nSPS) is 36.6. The van der Waals surface area contributed by atoms with Crippen molar-refractivity contribution in [3.63, 3.8) is 0 Å². The van der Waals surface area contributed by atoms with Crippen molar-refractivity contribution in [3.8, 4) is 0 Å². The van der Waals surface area contributed by atoms with E-state index in [4.69, 9.17) is 19.9 Å². The van der Waals surface area contributed by atoms with Gasteiger partial charge in [0.05, 0.1) is 6.10 Å². The number of carbonyl (C=O) groups is 1. The van der Waals surface area contributed by atoms with E-state index in [9.17, 15) is 4.79 Å². The van der Waals surface area contributed by atoms with Crippen LogP contribution in [0.25, 0.3) is 0 Å². The van der Waals surface area contributed by atoms with E-state index in [1.165, 1.54) is 0 Å². The largest absolute Gasteiger partial charge is 0.444 e. The van der Waals surface area contributed by atoms with Crippen LogP contribution in [0.4, 0.5) is 4.79 Å². The smallest absolute Gasteiger partial charge is 0.411 e. The zero-order valence-corrected chi connectivity index (χ0v) is 13.2. The van der Waals surface area contributed by atoms with E-state index in [0.717, 1.165) is 0 Å². The van der Waals surface area contributed by atoms with Crippen molar-refractivity contribution >= 4 is 6.09 Å². The van der Waals surface area contributed by atoms with Crippen LogP contribution in [0.15, 0.2) is 0 Å². The number of likely N-dealkylation sites (tertiary alicyclic amines) is 1. The molecule has 4 atom stereocenters. The first-order valence-corrected chi connectivity index (χ1v) is 7.11. The Morgan fingerprint density at radius 1 is 1.30 bits per heavy atom. The van der Waals surface area contributed by atoms with E-state index < -0.39 is 23.6 Å². The first-order valence-electron chi connectivity index (χ1n) is 7.11. The van der Waals surface area contributed by atoms with Gasteiger partial charge in [-0.05, 0) is 34.6 Å². The number of fused-ring (bicyclic) bond motifs is 1. The third-order valence-corrected chi connectivity index (χ3v) is 3.53. The monoisotopic (exact) mass is 286 g/mol. The fraction of sp³-hybridized carbons (Fsp3) is 0.929. The molecular formula is C14H26N2O4. The lowest BCUT2D eigenvalue weighted by Crippen LogP contribution is -2.63. The molecule has 2 heterocycles. The average molecular weight is 286 g/mol. The number of carbonyl (C=O) groups excluding carboxylic acids is 1. The molecule has 0 aromatic carbocycles. The van der Waals surface area contributed by atoms with Crippen LogP contribution in [0.5, 0.6) is 0 Å². The Morgan fingerprint density at radius 3 is 2.40 bits per heavy atom. The second kappa shape index (κ2) is 4.86. The van der Waals surface area contributed by atoms with Crippen molar-refractivity contribution in [1.82, 2.24) is 4.90 Å². The van der Waals surface area contributed by atoms with Gasteiger partial charge < -0.3 is 19.9 Å². The van der Waals surface area contributed by atoms with Crippen LogP contribution in [0.3, 0.4) is 0 Å². The van der Waals surface area contributed by atoms with Crippen LogP contribution in [0.1, 0.15) is 41.5 Å². The van der Waals surface area contributed by atoms with Gasteiger partial charge in [-0.1, -0.05) is 6.92 Å². The summed E-state index contributed by atoms with van der Waals surface area (Å²) in [4.78, 5) is 13.8. The summed E-state index contributed by atoms with van der Waals surface area (Å²) in [6.07, 6.45) is -1.35. The molecule has 2 saturated heterocycles. The number of hydrogen-bond acceptors (Lipinski definition) is 5. The molecule has 0 aliphatic carbocycles. The molecule has 2 fully saturated rings. The summed E-state index contributed by atoms with van der Waals surface area (Å²) >= 11 is 0. The van der Waals surface area contributed by atoms with Crippen molar-refractivity contribution in [2.45, 2.75) is 71.3 Å². The van der Waals surface area contributed by atoms with Gasteiger partial charge in [0.25, 0.3) is 0 Å². The van der Waals surface area contributed by atoms with E-state index in [2.05, 4.69) is 0 Å². The number of amides is 1. The van der Waals surface area contributed by atoms with Crippen molar-refractivity contribution < 1.29 is 19.0 Å². The Morgan fingerprint density at radius 2 is 1.85 bits per heavy atom. The van der Waals surface area contributed by atoms with Crippen LogP contribution < -0.4 is 5.73 Å². The van der Waals surface area contributed by atoms with Gasteiger partial charge in [0.15, 0.2) is 5.79 Å². The molecule has 6 nitrogen and oxygen atoms in total. The molecule has 2 aliphatic heterocycles. The van der Waals surface area contributed by atoms with Crippen LogP contribution >= 0.6 is 0 Å². The highest BCUT2D eigenvalue weighted by Gasteiger charge is 2.52. The molecule has 0 saturated carbocycles. The second-order valence-corrected chi connectivity index (χ2v) is 7.17. The SMILES string of the molecule is C[C@@H]1CN(C(=O)OC(C)(C)C)[C@@H](N)[C@@H]2OC(C)(C)O[C@@H]21. The predicted molar refractivity (Wildman–Crippen MR) is 73.9 cm³/mol. The maximum absolute atomic E-state index is 12.2. The fourth-order valence-corrected chi connectivity index (χ4v) is 2.75. The van der Waals surface area contributed by atoms with Crippen molar-refractivity contribution in [3.05, 3.63) is 0 Å². The maximum Gasteiger partial charge on any atom is 0.411 e. The Bertz CT molecular complexity index is 391. The molecule has 6 heteroatoms. The summed E-state index contributed by atoms with van der Waals surface area (Å²) in [5.74, 6) is -0.514. The summed E-state index contributed by atoms with van der Waals surface area (Å²) in [6, 6.07) is 0. The molecule has 116 valence electrons. The van der Waals surface area contributed by atoms with Crippen LogP contribution in [0.2, 0.25) is 0 Å². The van der Waals surface area contributed by atoms with E-state index in [0.29, 0.717) is 6.54 Å². The maximum atomic E-state index is 12.2. The summed E-state index contributed by atoms with van der Waals surface area (Å²) in [5, 5.41) is 0. The summed E-state index contributed by atoms with van der Waals surface area (Å²) in [7, 11) is 0. The highest BCUT2D eigenvalue weighted by atomic mass is 16.8. The molecule has 1 amide bonds. The van der Waals surface area contributed by atoms with Gasteiger partial charge in [0.1, 0.15) is 17.9 Å². The van der Waals surface area contributed by atoms with Crippen molar-refractivity contribution in [1.29, 1.82) is 0 Å². The zero-order chi connectivity index (χ0) is 15.3. The Balaban J connectivity index is 2.12. The molecule has 20 heavy (non-hydrogen) atoms. The first kappa shape index (κ1) is 15.5. The highest BCUT2D eigenvalue weighted by Crippen LogP contribution is 2.37. The molecule has 0 unspecified atom stereocenters. The van der Waals surface area contributed by atoms with Gasteiger partial charge in [-0.15, -0.1) is 0 Å². The zero-order valence-electron chi connectivity index (χ0n) is 13.2. The summed E-state index contributed by atoms with van der Waals surface area (Å²) < 4.78 is 17.1. The first-order chi connectivity index (χ1) is 9.00. The molecule has 0 aromatic heterocycles. The summed E-state index contributed by atoms with van der Waals surface area (Å²) in [6.45, 7) is 11.8. The Hall–Kier alpha value is -0.850. The lowest BCUT2D eigenvalue weighted by molar-refractivity contribution is -0.149. The quantitative estimate of drug-likeness (QED) is 0.733. The van der Waals surface area contributed by atoms with E-state index in [1.807, 2.05) is 41.5 Å². The number of hydrogen-bond donors (Lipinski definition) is 1. The molecule has 0 bridgehead atoms. The van der Waals surface area contributed by atoms with Crippen LogP contribution in [-0.4, -0.2) is 47.3 Å². The predicted octanol–water partition coefficient (Wildman–Crippen LogP) is 1.68. The molecule has 0 aromatic rings. The van der Waals surface area contributed by atoms with Crippen LogP contribution in [0, 0.1) is 5.92 Å². The fourth-order valence-electron chi connectivity index (χ4n) is 2.75. The van der Waals surface area contributed by atoms with Gasteiger partial charge >= 0.3 is 6.09 Å². The number of piperidine rings is 1. The molecule has 2 rings (SSSR count). The number of rotatable bonds is 0. The lowest BCUT2D eigenvalue weighted by Gasteiger charge is -2.42. The summed E-state index contributed by atoms with van der Waals surface area (Å²) in [5.41, 5.74) is 5.65. The number of nitrogens with zero attached hydrogens (tertiary/aromatic N) is 1. The minimum Gasteiger partial charge on any atom is -0.444 e. The van der Waals surface area contributed by atoms with Gasteiger partial charge in [0.2, 0.25) is 0 Å².